The van der Waals surface area contributed by atoms with Crippen LogP contribution >= 0.6 is 0 Å². The Bertz CT molecular complexity index is 904. The van der Waals surface area contributed by atoms with Crippen molar-refractivity contribution in [3.05, 3.63) is 29.8 Å². The van der Waals surface area contributed by atoms with Crippen molar-refractivity contribution in [2.75, 3.05) is 37.6 Å². The summed E-state index contributed by atoms with van der Waals surface area (Å²) in [4.78, 5) is 46.9. The SMILES string of the molecule is CCCN1CCN(c2ccc(C(=O)N=C3CCCC[C@H]3C(=O)N[C@@H](CC(C)C)C(N)=O)cc2)CC1. The number of anilines is 1. The number of hydrogen-bond acceptors (Lipinski definition) is 5. The molecule has 0 bridgehead atoms. The smallest absolute Gasteiger partial charge is 0.276 e. The maximum atomic E-state index is 13.0. The number of nitrogens with two attached hydrogens (primary N) is 1. The maximum Gasteiger partial charge on any atom is 0.276 e. The number of benzene rings is 1. The predicted molar refractivity (Wildman–Crippen MR) is 140 cm³/mol. The van der Waals surface area contributed by atoms with Gasteiger partial charge in [-0.05, 0) is 68.8 Å². The summed E-state index contributed by atoms with van der Waals surface area (Å²) in [7, 11) is 0. The Morgan fingerprint density at radius 1 is 1.09 bits per heavy atom. The molecule has 192 valence electrons. The first-order valence-electron chi connectivity index (χ1n) is 13.1. The quantitative estimate of drug-likeness (QED) is 0.561. The fourth-order valence-corrected chi connectivity index (χ4v) is 4.96. The number of rotatable bonds is 9. The van der Waals surface area contributed by atoms with Gasteiger partial charge in [0.2, 0.25) is 11.8 Å². The van der Waals surface area contributed by atoms with E-state index in [2.05, 4.69) is 27.0 Å². The van der Waals surface area contributed by atoms with Crippen LogP contribution in [0.2, 0.25) is 0 Å². The standard InChI is InChI=1S/C27H41N5O3/c1-4-13-31-14-16-32(17-15-31)21-11-9-20(10-12-21)26(34)29-23-8-6-5-7-22(23)27(35)30-24(25(28)33)18-19(2)3/h9-12,19,22,24H,4-8,13-18H2,1-3H3,(H2,28,33)(H,30,35)/t22-,24+/m1/s1. The molecule has 3 rings (SSSR count). The van der Waals surface area contributed by atoms with Crippen molar-refractivity contribution in [3.8, 4) is 0 Å². The van der Waals surface area contributed by atoms with Crippen molar-refractivity contribution in [1.82, 2.24) is 10.2 Å². The molecule has 2 aliphatic rings. The van der Waals surface area contributed by atoms with Gasteiger partial charge >= 0.3 is 0 Å². The molecule has 1 heterocycles. The van der Waals surface area contributed by atoms with Gasteiger partial charge in [-0.3, -0.25) is 19.3 Å². The Hall–Kier alpha value is -2.74. The van der Waals surface area contributed by atoms with E-state index in [-0.39, 0.29) is 17.7 Å². The summed E-state index contributed by atoms with van der Waals surface area (Å²) in [5.41, 5.74) is 7.73. The largest absolute Gasteiger partial charge is 0.369 e. The number of aliphatic imine (C=N–C) groups is 1. The van der Waals surface area contributed by atoms with Gasteiger partial charge in [0.05, 0.1) is 5.92 Å². The molecule has 2 atom stereocenters. The molecule has 35 heavy (non-hydrogen) atoms. The molecule has 8 nitrogen and oxygen atoms in total. The average molecular weight is 484 g/mol. The van der Waals surface area contributed by atoms with Crippen molar-refractivity contribution < 1.29 is 14.4 Å². The van der Waals surface area contributed by atoms with Crippen LogP contribution in [0, 0.1) is 11.8 Å². The first kappa shape index (κ1) is 26.9. The van der Waals surface area contributed by atoms with E-state index in [9.17, 15) is 14.4 Å². The zero-order valence-electron chi connectivity index (χ0n) is 21.5. The molecule has 1 aromatic rings. The van der Waals surface area contributed by atoms with Gasteiger partial charge < -0.3 is 16.0 Å². The fourth-order valence-electron chi connectivity index (χ4n) is 4.96. The highest BCUT2D eigenvalue weighted by Crippen LogP contribution is 2.24. The summed E-state index contributed by atoms with van der Waals surface area (Å²) in [5, 5.41) is 2.80. The van der Waals surface area contributed by atoms with Crippen molar-refractivity contribution in [2.24, 2.45) is 22.6 Å². The molecule has 1 aromatic carbocycles. The summed E-state index contributed by atoms with van der Waals surface area (Å²) >= 11 is 0. The van der Waals surface area contributed by atoms with E-state index in [1.165, 1.54) is 6.42 Å². The zero-order valence-corrected chi connectivity index (χ0v) is 21.5. The van der Waals surface area contributed by atoms with Crippen molar-refractivity contribution in [2.45, 2.75) is 65.3 Å². The summed E-state index contributed by atoms with van der Waals surface area (Å²) < 4.78 is 0. The van der Waals surface area contributed by atoms with Gasteiger partial charge in [-0.1, -0.05) is 27.2 Å². The molecule has 0 aromatic heterocycles. The second-order valence-corrected chi connectivity index (χ2v) is 10.2. The summed E-state index contributed by atoms with van der Waals surface area (Å²) in [5.74, 6) is -1.41. The Morgan fingerprint density at radius 3 is 2.37 bits per heavy atom. The molecule has 0 radical (unpaired) electrons. The normalized spacial score (nSPS) is 21.2. The van der Waals surface area contributed by atoms with Crippen LogP contribution in [0.1, 0.15) is 69.7 Å². The highest BCUT2D eigenvalue weighted by atomic mass is 16.2. The molecule has 0 unspecified atom stereocenters. The van der Waals surface area contributed by atoms with E-state index in [4.69, 9.17) is 5.73 Å². The maximum absolute atomic E-state index is 13.0. The average Bonchev–Trinajstić information content (AvgIpc) is 2.84. The van der Waals surface area contributed by atoms with Crippen LogP contribution in [0.3, 0.4) is 0 Å². The molecule has 0 spiro atoms. The second kappa shape index (κ2) is 12.8. The van der Waals surface area contributed by atoms with Gasteiger partial charge in [-0.25, -0.2) is 4.99 Å². The first-order valence-corrected chi connectivity index (χ1v) is 13.1. The number of piperazine rings is 1. The van der Waals surface area contributed by atoms with E-state index in [0.717, 1.165) is 51.3 Å². The molecule has 3 N–H and O–H groups in total. The molecule has 1 saturated carbocycles. The summed E-state index contributed by atoms with van der Waals surface area (Å²) in [6, 6.07) is 6.90. The van der Waals surface area contributed by atoms with Crippen LogP contribution in [-0.2, 0) is 9.59 Å². The molecule has 1 aliphatic carbocycles. The topological polar surface area (TPSA) is 108 Å². The number of carbonyl (C=O) groups is 3. The zero-order chi connectivity index (χ0) is 25.4. The summed E-state index contributed by atoms with van der Waals surface area (Å²) in [6.45, 7) is 11.4. The van der Waals surface area contributed by atoms with Gasteiger partial charge in [0.25, 0.3) is 5.91 Å². The lowest BCUT2D eigenvalue weighted by molar-refractivity contribution is -0.129. The number of nitrogens with one attached hydrogen (secondary N) is 1. The van der Waals surface area contributed by atoms with E-state index in [0.29, 0.717) is 30.5 Å². The van der Waals surface area contributed by atoms with Crippen molar-refractivity contribution in [1.29, 1.82) is 0 Å². The molecule has 2 fully saturated rings. The third kappa shape index (κ3) is 7.62. The van der Waals surface area contributed by atoms with Crippen LogP contribution in [0.25, 0.3) is 0 Å². The molecule has 8 heteroatoms. The van der Waals surface area contributed by atoms with E-state index in [1.54, 1.807) is 0 Å². The Balaban J connectivity index is 1.65. The number of amides is 3. The van der Waals surface area contributed by atoms with Crippen molar-refractivity contribution >= 4 is 29.1 Å². The predicted octanol–water partition coefficient (Wildman–Crippen LogP) is 3.01. The lowest BCUT2D eigenvalue weighted by Gasteiger charge is -2.36. The lowest BCUT2D eigenvalue weighted by Crippen LogP contribution is -2.49. The first-order chi connectivity index (χ1) is 16.8. The van der Waals surface area contributed by atoms with Gasteiger partial charge in [0.1, 0.15) is 6.04 Å². The minimum Gasteiger partial charge on any atom is -0.369 e. The molecular weight excluding hydrogens is 442 g/mol. The summed E-state index contributed by atoms with van der Waals surface area (Å²) in [6.07, 6.45) is 4.66. The molecular formula is C27H41N5O3. The lowest BCUT2D eigenvalue weighted by atomic mass is 9.86. The molecule has 1 aliphatic heterocycles. The van der Waals surface area contributed by atoms with Crippen LogP contribution in [-0.4, -0.2) is 67.1 Å². The van der Waals surface area contributed by atoms with Gasteiger partial charge in [0.15, 0.2) is 0 Å². The third-order valence-electron chi connectivity index (χ3n) is 6.90. The van der Waals surface area contributed by atoms with E-state index in [1.807, 2.05) is 38.1 Å². The van der Waals surface area contributed by atoms with E-state index < -0.39 is 17.9 Å². The van der Waals surface area contributed by atoms with Crippen LogP contribution in [0.4, 0.5) is 5.69 Å². The minimum absolute atomic E-state index is 0.219. The third-order valence-corrected chi connectivity index (χ3v) is 6.90. The molecule has 1 saturated heterocycles. The Morgan fingerprint density at radius 2 is 1.77 bits per heavy atom. The van der Waals surface area contributed by atoms with Gasteiger partial charge in [0, 0.05) is 43.1 Å². The van der Waals surface area contributed by atoms with Gasteiger partial charge in [-0.15, -0.1) is 0 Å². The molecule has 3 amide bonds. The number of primary amides is 1. The number of carbonyl (C=O) groups excluding carboxylic acids is 3. The number of hydrogen-bond donors (Lipinski definition) is 2. The minimum atomic E-state index is -0.710. The van der Waals surface area contributed by atoms with Gasteiger partial charge in [-0.2, -0.15) is 0 Å². The highest BCUT2D eigenvalue weighted by Gasteiger charge is 2.31. The highest BCUT2D eigenvalue weighted by molar-refractivity contribution is 6.11. The monoisotopic (exact) mass is 483 g/mol. The second-order valence-electron chi connectivity index (χ2n) is 10.2. The Kier molecular flexibility index (Phi) is 9.83. The van der Waals surface area contributed by atoms with E-state index >= 15 is 0 Å². The fraction of sp³-hybridized carbons (Fsp3) is 0.630. The van der Waals surface area contributed by atoms with Crippen LogP contribution in [0.15, 0.2) is 29.3 Å². The van der Waals surface area contributed by atoms with Crippen LogP contribution in [0.5, 0.6) is 0 Å². The van der Waals surface area contributed by atoms with Crippen molar-refractivity contribution in [3.63, 3.8) is 0 Å². The van der Waals surface area contributed by atoms with Crippen LogP contribution < -0.4 is 16.0 Å². The number of nitrogens with zero attached hydrogens (tertiary/aromatic N) is 3. The Labute approximate surface area is 209 Å².